The van der Waals surface area contributed by atoms with Gasteiger partial charge in [0.2, 0.25) is 5.91 Å². The van der Waals surface area contributed by atoms with Crippen LogP contribution in [0.5, 0.6) is 0 Å². The zero-order valence-corrected chi connectivity index (χ0v) is 16.9. The van der Waals surface area contributed by atoms with Crippen molar-refractivity contribution in [3.8, 4) is 0 Å². The first-order valence-corrected chi connectivity index (χ1v) is 9.35. The van der Waals surface area contributed by atoms with Gasteiger partial charge in [-0.15, -0.1) is 12.4 Å². The number of amides is 1. The number of nitrogens with zero attached hydrogens (tertiary/aromatic N) is 1. The summed E-state index contributed by atoms with van der Waals surface area (Å²) in [4.78, 5) is 14.5. The van der Waals surface area contributed by atoms with Crippen molar-refractivity contribution >= 4 is 18.3 Å². The number of hydrogen-bond acceptors (Lipinski definition) is 3. The van der Waals surface area contributed by atoms with E-state index < -0.39 is 0 Å². The molecule has 2 aliphatic rings. The quantitative estimate of drug-likeness (QED) is 0.835. The molecule has 0 spiro atoms. The first-order chi connectivity index (χ1) is 10.7. The van der Waals surface area contributed by atoms with Crippen molar-refractivity contribution in [1.82, 2.24) is 4.90 Å². The number of halogens is 1. The van der Waals surface area contributed by atoms with Gasteiger partial charge in [0.1, 0.15) is 6.61 Å². The smallest absolute Gasteiger partial charge is 0.248 e. The Bertz CT molecular complexity index is 414. The number of hydrogen-bond donors (Lipinski definition) is 1. The average Bonchev–Trinajstić information content (AvgIpc) is 2.47. The van der Waals surface area contributed by atoms with Crippen LogP contribution in [0, 0.1) is 23.2 Å². The molecule has 1 amide bonds. The lowest BCUT2D eigenvalue weighted by Gasteiger charge is -2.43. The minimum absolute atomic E-state index is 0. The van der Waals surface area contributed by atoms with Crippen LogP contribution in [0.4, 0.5) is 0 Å². The molecular formula is C19H37ClN2O2. The molecule has 24 heavy (non-hydrogen) atoms. The number of piperidine rings is 1. The fourth-order valence-corrected chi connectivity index (χ4v) is 4.16. The van der Waals surface area contributed by atoms with Crippen molar-refractivity contribution in [2.24, 2.45) is 28.9 Å². The van der Waals surface area contributed by atoms with Crippen molar-refractivity contribution in [3.05, 3.63) is 0 Å². The van der Waals surface area contributed by atoms with E-state index in [1.807, 2.05) is 4.90 Å². The molecule has 0 bridgehead atoms. The van der Waals surface area contributed by atoms with E-state index in [4.69, 9.17) is 10.5 Å². The summed E-state index contributed by atoms with van der Waals surface area (Å²) >= 11 is 0. The number of likely N-dealkylation sites (tertiary alicyclic amines) is 1. The Kier molecular flexibility index (Phi) is 8.02. The summed E-state index contributed by atoms with van der Waals surface area (Å²) in [6, 6.07) is 0.178. The van der Waals surface area contributed by atoms with Gasteiger partial charge in [-0.05, 0) is 42.4 Å². The predicted molar refractivity (Wildman–Crippen MR) is 101 cm³/mol. The van der Waals surface area contributed by atoms with E-state index in [2.05, 4.69) is 34.6 Å². The Morgan fingerprint density at radius 2 is 1.96 bits per heavy atom. The van der Waals surface area contributed by atoms with Gasteiger partial charge in [0.15, 0.2) is 0 Å². The highest BCUT2D eigenvalue weighted by molar-refractivity contribution is 5.85. The lowest BCUT2D eigenvalue weighted by molar-refractivity contribution is -0.145. The van der Waals surface area contributed by atoms with E-state index in [-0.39, 0.29) is 42.5 Å². The molecule has 4 atom stereocenters. The molecular weight excluding hydrogens is 324 g/mol. The third-order valence-corrected chi connectivity index (χ3v) is 6.05. The molecule has 1 heterocycles. The van der Waals surface area contributed by atoms with Gasteiger partial charge in [0.05, 0.1) is 6.10 Å². The van der Waals surface area contributed by atoms with Gasteiger partial charge in [-0.1, -0.05) is 41.0 Å². The van der Waals surface area contributed by atoms with Crippen molar-refractivity contribution in [2.45, 2.75) is 72.4 Å². The van der Waals surface area contributed by atoms with Crippen LogP contribution in [-0.2, 0) is 9.53 Å². The Labute approximate surface area is 154 Å². The maximum Gasteiger partial charge on any atom is 0.248 e. The molecule has 4 unspecified atom stereocenters. The molecule has 4 nitrogen and oxygen atoms in total. The molecule has 5 heteroatoms. The maximum absolute atomic E-state index is 12.6. The predicted octanol–water partition coefficient (Wildman–Crippen LogP) is 3.47. The highest BCUT2D eigenvalue weighted by atomic mass is 35.5. The van der Waals surface area contributed by atoms with E-state index in [1.165, 1.54) is 12.8 Å². The summed E-state index contributed by atoms with van der Waals surface area (Å²) in [5.74, 6) is 2.04. The van der Waals surface area contributed by atoms with Crippen molar-refractivity contribution in [1.29, 1.82) is 0 Å². The normalized spacial score (nSPS) is 33.2. The molecule has 142 valence electrons. The standard InChI is InChI=1S/C19H36N2O2.ClH/c1-13(2)15-7-6-14(3)10-16(15)23-11-18(22)21-9-8-17(20)19(4,5)12-21;/h13-17H,6-12,20H2,1-5H3;1H. The molecule has 1 aliphatic carbocycles. The molecule has 0 aromatic heterocycles. The molecule has 0 radical (unpaired) electrons. The first kappa shape index (κ1) is 21.7. The summed E-state index contributed by atoms with van der Waals surface area (Å²) in [6.45, 7) is 12.9. The van der Waals surface area contributed by atoms with Crippen LogP contribution in [0.3, 0.4) is 0 Å². The second-order valence-corrected chi connectivity index (χ2v) is 8.87. The summed E-state index contributed by atoms with van der Waals surface area (Å²) in [5, 5.41) is 0. The summed E-state index contributed by atoms with van der Waals surface area (Å²) in [7, 11) is 0. The Morgan fingerprint density at radius 1 is 1.29 bits per heavy atom. The van der Waals surface area contributed by atoms with Gasteiger partial charge in [0, 0.05) is 19.1 Å². The third-order valence-electron chi connectivity index (χ3n) is 6.05. The second-order valence-electron chi connectivity index (χ2n) is 8.87. The van der Waals surface area contributed by atoms with Crippen LogP contribution in [-0.4, -0.2) is 42.6 Å². The number of carbonyl (C=O) groups excluding carboxylic acids is 1. The molecule has 1 saturated carbocycles. The molecule has 2 N–H and O–H groups in total. The summed E-state index contributed by atoms with van der Waals surface area (Å²) < 4.78 is 6.11. The first-order valence-electron chi connectivity index (χ1n) is 9.35. The minimum atomic E-state index is -0.00622. The van der Waals surface area contributed by atoms with Crippen LogP contribution in [0.2, 0.25) is 0 Å². The van der Waals surface area contributed by atoms with Crippen LogP contribution >= 0.6 is 12.4 Å². The lowest BCUT2D eigenvalue weighted by Crippen LogP contribution is -2.54. The molecule has 1 saturated heterocycles. The van der Waals surface area contributed by atoms with Gasteiger partial charge >= 0.3 is 0 Å². The van der Waals surface area contributed by atoms with Crippen LogP contribution in [0.1, 0.15) is 60.3 Å². The largest absolute Gasteiger partial charge is 0.368 e. The second kappa shape index (κ2) is 8.86. The Morgan fingerprint density at radius 3 is 2.54 bits per heavy atom. The van der Waals surface area contributed by atoms with E-state index in [1.54, 1.807) is 0 Å². The van der Waals surface area contributed by atoms with E-state index in [9.17, 15) is 4.79 Å². The SMILES string of the molecule is CC1CCC(C(C)C)C(OCC(=O)N2CCC(N)C(C)(C)C2)C1.Cl. The van der Waals surface area contributed by atoms with Crippen molar-refractivity contribution in [2.75, 3.05) is 19.7 Å². The van der Waals surface area contributed by atoms with Gasteiger partial charge in [-0.2, -0.15) is 0 Å². The van der Waals surface area contributed by atoms with E-state index >= 15 is 0 Å². The number of carbonyl (C=O) groups is 1. The van der Waals surface area contributed by atoms with Gasteiger partial charge < -0.3 is 15.4 Å². The number of ether oxygens (including phenoxy) is 1. The summed E-state index contributed by atoms with van der Waals surface area (Å²) in [5.41, 5.74) is 6.16. The third kappa shape index (κ3) is 5.34. The zero-order chi connectivity index (χ0) is 17.2. The number of rotatable bonds is 4. The van der Waals surface area contributed by atoms with E-state index in [0.29, 0.717) is 17.8 Å². The minimum Gasteiger partial charge on any atom is -0.368 e. The van der Waals surface area contributed by atoms with Gasteiger partial charge in [-0.3, -0.25) is 4.79 Å². The topological polar surface area (TPSA) is 55.6 Å². The Balaban J connectivity index is 0.00000288. The maximum atomic E-state index is 12.6. The molecule has 0 aromatic rings. The zero-order valence-electron chi connectivity index (χ0n) is 16.1. The van der Waals surface area contributed by atoms with E-state index in [0.717, 1.165) is 25.9 Å². The molecule has 2 fully saturated rings. The fraction of sp³-hybridized carbons (Fsp3) is 0.947. The number of nitrogens with two attached hydrogens (primary N) is 1. The van der Waals surface area contributed by atoms with Gasteiger partial charge in [0.25, 0.3) is 0 Å². The Hall–Kier alpha value is -0.320. The van der Waals surface area contributed by atoms with Crippen LogP contribution in [0.15, 0.2) is 0 Å². The monoisotopic (exact) mass is 360 g/mol. The van der Waals surface area contributed by atoms with Crippen molar-refractivity contribution in [3.63, 3.8) is 0 Å². The lowest BCUT2D eigenvalue weighted by atomic mass is 9.75. The van der Waals surface area contributed by atoms with Crippen LogP contribution < -0.4 is 5.73 Å². The molecule has 2 rings (SSSR count). The highest BCUT2D eigenvalue weighted by Gasteiger charge is 2.36. The van der Waals surface area contributed by atoms with Crippen molar-refractivity contribution < 1.29 is 9.53 Å². The molecule has 0 aromatic carbocycles. The molecule has 1 aliphatic heterocycles. The fourth-order valence-electron chi connectivity index (χ4n) is 4.16. The average molecular weight is 361 g/mol. The summed E-state index contributed by atoms with van der Waals surface area (Å²) in [6.07, 6.45) is 4.72. The van der Waals surface area contributed by atoms with Gasteiger partial charge in [-0.25, -0.2) is 0 Å². The highest BCUT2D eigenvalue weighted by Crippen LogP contribution is 2.35. The van der Waals surface area contributed by atoms with Crippen LogP contribution in [0.25, 0.3) is 0 Å².